The molecule has 2 aromatic carbocycles. The molecule has 4 aliphatic carbocycles. The number of ether oxygens (including phenoxy) is 2. The molecule has 0 saturated heterocycles. The standard InChI is InChI=1S/C25H29ClFNO3/c1-30-23-7-16(2-5-22(23)31-14-19-3-4-20(27)8-21(19)26)13-28-24-9-17-6-18(10-24)12-25(29,11-17)15-24/h2-5,7-8,17-18,28-29H,6,9-15H2,1H3. The summed E-state index contributed by atoms with van der Waals surface area (Å²) in [6.45, 7) is 0.966. The van der Waals surface area contributed by atoms with Crippen LogP contribution in [0, 0.1) is 17.7 Å². The van der Waals surface area contributed by atoms with Gasteiger partial charge in [-0.05, 0) is 80.2 Å². The number of benzene rings is 2. The van der Waals surface area contributed by atoms with Gasteiger partial charge in [0.25, 0.3) is 0 Å². The Labute approximate surface area is 187 Å². The molecule has 31 heavy (non-hydrogen) atoms. The fourth-order valence-corrected chi connectivity index (χ4v) is 6.67. The Bertz CT molecular complexity index is 967. The van der Waals surface area contributed by atoms with Crippen LogP contribution >= 0.6 is 11.6 Å². The number of hydrogen-bond acceptors (Lipinski definition) is 4. The van der Waals surface area contributed by atoms with Gasteiger partial charge >= 0.3 is 0 Å². The molecule has 4 nitrogen and oxygen atoms in total. The lowest BCUT2D eigenvalue weighted by atomic mass is 9.51. The van der Waals surface area contributed by atoms with Gasteiger partial charge in [-0.15, -0.1) is 0 Å². The summed E-state index contributed by atoms with van der Waals surface area (Å²) in [5.41, 5.74) is 1.43. The summed E-state index contributed by atoms with van der Waals surface area (Å²) < 4.78 is 24.7. The molecule has 4 fully saturated rings. The fourth-order valence-electron chi connectivity index (χ4n) is 6.45. The van der Waals surface area contributed by atoms with Gasteiger partial charge in [-0.2, -0.15) is 0 Å². The first-order valence-corrected chi connectivity index (χ1v) is 11.4. The van der Waals surface area contributed by atoms with Crippen LogP contribution in [0.15, 0.2) is 36.4 Å². The maximum atomic E-state index is 13.2. The summed E-state index contributed by atoms with van der Waals surface area (Å²) in [6, 6.07) is 10.2. The predicted molar refractivity (Wildman–Crippen MR) is 118 cm³/mol. The molecule has 0 aromatic heterocycles. The van der Waals surface area contributed by atoms with E-state index >= 15 is 0 Å². The van der Waals surface area contributed by atoms with E-state index in [9.17, 15) is 9.50 Å². The SMILES string of the molecule is COc1cc(CNC23CC4CC(CC(O)(C4)C2)C3)ccc1OCc1ccc(F)cc1Cl. The maximum Gasteiger partial charge on any atom is 0.161 e. The van der Waals surface area contributed by atoms with Gasteiger partial charge in [0.2, 0.25) is 0 Å². The zero-order valence-corrected chi connectivity index (χ0v) is 18.6. The van der Waals surface area contributed by atoms with E-state index in [4.69, 9.17) is 21.1 Å². The minimum Gasteiger partial charge on any atom is -0.493 e. The molecule has 0 heterocycles. The molecule has 2 N–H and O–H groups in total. The van der Waals surface area contributed by atoms with Gasteiger partial charge in [0.1, 0.15) is 12.4 Å². The third-order valence-corrected chi connectivity index (χ3v) is 7.68. The van der Waals surface area contributed by atoms with Crippen molar-refractivity contribution in [3.63, 3.8) is 0 Å². The average Bonchev–Trinajstić information content (AvgIpc) is 2.70. The zero-order valence-electron chi connectivity index (χ0n) is 17.8. The zero-order chi connectivity index (χ0) is 21.6. The highest BCUT2D eigenvalue weighted by Crippen LogP contribution is 2.57. The van der Waals surface area contributed by atoms with Crippen LogP contribution in [0.25, 0.3) is 0 Å². The molecule has 0 amide bonds. The normalized spacial score (nSPS) is 31.1. The second-order valence-corrected chi connectivity index (χ2v) is 10.2. The van der Waals surface area contributed by atoms with Gasteiger partial charge in [-0.3, -0.25) is 0 Å². The number of rotatable bonds is 7. The van der Waals surface area contributed by atoms with E-state index in [-0.39, 0.29) is 18.0 Å². The number of hydrogen-bond donors (Lipinski definition) is 2. The minimum atomic E-state index is -0.464. The van der Waals surface area contributed by atoms with Crippen molar-refractivity contribution in [3.8, 4) is 11.5 Å². The number of halogens is 2. The molecule has 2 atom stereocenters. The Morgan fingerprint density at radius 1 is 1.10 bits per heavy atom. The van der Waals surface area contributed by atoms with E-state index in [0.717, 1.165) is 36.9 Å². The minimum absolute atomic E-state index is 0.0561. The Kier molecular flexibility index (Phi) is 5.40. The smallest absolute Gasteiger partial charge is 0.161 e. The highest BCUT2D eigenvalue weighted by atomic mass is 35.5. The van der Waals surface area contributed by atoms with Crippen LogP contribution in [0.2, 0.25) is 5.02 Å². The van der Waals surface area contributed by atoms with Crippen molar-refractivity contribution in [2.75, 3.05) is 7.11 Å². The van der Waals surface area contributed by atoms with Gasteiger partial charge in [-0.1, -0.05) is 23.7 Å². The van der Waals surface area contributed by atoms with Crippen molar-refractivity contribution in [2.45, 2.75) is 62.8 Å². The molecule has 2 aromatic rings. The van der Waals surface area contributed by atoms with E-state index < -0.39 is 5.60 Å². The summed E-state index contributed by atoms with van der Waals surface area (Å²) in [6.07, 6.45) is 6.44. The van der Waals surface area contributed by atoms with E-state index in [2.05, 4.69) is 5.32 Å². The molecule has 0 spiro atoms. The molecular weight excluding hydrogens is 417 g/mol. The summed E-state index contributed by atoms with van der Waals surface area (Å²) in [7, 11) is 1.62. The average molecular weight is 446 g/mol. The first-order valence-electron chi connectivity index (χ1n) is 11.1. The van der Waals surface area contributed by atoms with Crippen molar-refractivity contribution >= 4 is 11.6 Å². The topological polar surface area (TPSA) is 50.7 Å². The Balaban J connectivity index is 1.25. The van der Waals surface area contributed by atoms with E-state index in [1.807, 2.05) is 18.2 Å². The molecular formula is C25H29ClFNO3. The Hall–Kier alpha value is -1.82. The highest BCUT2D eigenvalue weighted by molar-refractivity contribution is 6.31. The van der Waals surface area contributed by atoms with Gasteiger partial charge in [-0.25, -0.2) is 4.39 Å². The quantitative estimate of drug-likeness (QED) is 0.612. The predicted octanol–water partition coefficient (Wildman–Crippen LogP) is 5.24. The van der Waals surface area contributed by atoms with Gasteiger partial charge in [0, 0.05) is 17.6 Å². The summed E-state index contributed by atoms with van der Waals surface area (Å²) in [4.78, 5) is 0. The number of methoxy groups -OCH3 is 1. The lowest BCUT2D eigenvalue weighted by Crippen LogP contribution is -2.64. The summed E-state index contributed by atoms with van der Waals surface area (Å²) in [5, 5.41) is 15.1. The Morgan fingerprint density at radius 3 is 2.55 bits per heavy atom. The van der Waals surface area contributed by atoms with Gasteiger partial charge in [0.15, 0.2) is 11.5 Å². The van der Waals surface area contributed by atoms with Crippen molar-refractivity contribution in [2.24, 2.45) is 11.8 Å². The van der Waals surface area contributed by atoms with E-state index in [0.29, 0.717) is 28.4 Å². The third-order valence-electron chi connectivity index (χ3n) is 7.32. The first-order chi connectivity index (χ1) is 14.9. The summed E-state index contributed by atoms with van der Waals surface area (Å²) >= 11 is 6.10. The number of aliphatic hydroxyl groups is 1. The molecule has 4 saturated carbocycles. The molecule has 4 bridgehead atoms. The highest BCUT2D eigenvalue weighted by Gasteiger charge is 2.56. The maximum absolute atomic E-state index is 13.2. The lowest BCUT2D eigenvalue weighted by molar-refractivity contribution is -0.142. The van der Waals surface area contributed by atoms with Crippen LogP contribution in [0.3, 0.4) is 0 Å². The molecule has 6 heteroatoms. The second-order valence-electron chi connectivity index (χ2n) is 9.83. The second kappa shape index (κ2) is 7.95. The molecule has 6 rings (SSSR count). The largest absolute Gasteiger partial charge is 0.493 e. The van der Waals surface area contributed by atoms with E-state index in [1.165, 1.54) is 31.4 Å². The summed E-state index contributed by atoms with van der Waals surface area (Å²) in [5.74, 6) is 2.22. The van der Waals surface area contributed by atoms with Crippen LogP contribution in [0.1, 0.15) is 49.7 Å². The van der Waals surface area contributed by atoms with Crippen LogP contribution in [-0.2, 0) is 13.2 Å². The van der Waals surface area contributed by atoms with Crippen LogP contribution in [-0.4, -0.2) is 23.4 Å². The number of nitrogens with one attached hydrogen (secondary N) is 1. The molecule has 2 unspecified atom stereocenters. The first kappa shape index (κ1) is 21.0. The fraction of sp³-hybridized carbons (Fsp3) is 0.520. The van der Waals surface area contributed by atoms with Gasteiger partial charge < -0.3 is 19.9 Å². The van der Waals surface area contributed by atoms with Gasteiger partial charge in [0.05, 0.1) is 17.7 Å². The van der Waals surface area contributed by atoms with Crippen molar-refractivity contribution in [1.82, 2.24) is 5.32 Å². The monoisotopic (exact) mass is 445 g/mol. The van der Waals surface area contributed by atoms with Crippen LogP contribution < -0.4 is 14.8 Å². The molecule has 166 valence electrons. The van der Waals surface area contributed by atoms with Crippen molar-refractivity contribution in [3.05, 3.63) is 58.4 Å². The van der Waals surface area contributed by atoms with Crippen LogP contribution in [0.4, 0.5) is 4.39 Å². The molecule has 0 aliphatic heterocycles. The third kappa shape index (κ3) is 4.28. The lowest BCUT2D eigenvalue weighted by Gasteiger charge is -2.60. The molecule has 4 aliphatic rings. The van der Waals surface area contributed by atoms with E-state index in [1.54, 1.807) is 13.2 Å². The molecule has 0 radical (unpaired) electrons. The van der Waals surface area contributed by atoms with Crippen molar-refractivity contribution < 1.29 is 19.0 Å². The van der Waals surface area contributed by atoms with Crippen molar-refractivity contribution in [1.29, 1.82) is 0 Å². The van der Waals surface area contributed by atoms with Crippen LogP contribution in [0.5, 0.6) is 11.5 Å². The Morgan fingerprint density at radius 2 is 1.87 bits per heavy atom.